The molecule has 0 bridgehead atoms. The minimum atomic E-state index is -0.186. The van der Waals surface area contributed by atoms with Crippen LogP contribution in [0.15, 0.2) is 42.5 Å². The van der Waals surface area contributed by atoms with Crippen molar-refractivity contribution in [2.24, 2.45) is 0 Å². The molecule has 0 heterocycles. The van der Waals surface area contributed by atoms with Crippen molar-refractivity contribution < 1.29 is 14.4 Å². The summed E-state index contributed by atoms with van der Waals surface area (Å²) in [6.45, 7) is 7.02. The minimum Gasteiger partial charge on any atom is -0.326 e. The highest BCUT2D eigenvalue weighted by atomic mass is 16.2. The molecule has 2 aromatic carbocycles. The van der Waals surface area contributed by atoms with Crippen LogP contribution in [-0.4, -0.2) is 24.3 Å². The molecule has 2 N–H and O–H groups in total. The zero-order valence-corrected chi connectivity index (χ0v) is 16.1. The summed E-state index contributed by atoms with van der Waals surface area (Å²) in [4.78, 5) is 37.1. The van der Waals surface area contributed by atoms with Gasteiger partial charge in [-0.2, -0.15) is 0 Å². The summed E-state index contributed by atoms with van der Waals surface area (Å²) >= 11 is 0. The Labute approximate surface area is 159 Å². The Morgan fingerprint density at radius 3 is 2.37 bits per heavy atom. The number of benzene rings is 2. The number of aryl methyl sites for hydroxylation is 2. The van der Waals surface area contributed by atoms with Gasteiger partial charge in [0.2, 0.25) is 17.7 Å². The predicted octanol–water partition coefficient (Wildman–Crippen LogP) is 3.64. The average Bonchev–Trinajstić information content (AvgIpc) is 2.58. The fourth-order valence-electron chi connectivity index (χ4n) is 2.72. The predicted molar refractivity (Wildman–Crippen MR) is 108 cm³/mol. The molecule has 0 radical (unpaired) electrons. The Hall–Kier alpha value is -3.15. The number of hydrogen-bond acceptors (Lipinski definition) is 3. The van der Waals surface area contributed by atoms with Crippen molar-refractivity contribution in [3.05, 3.63) is 53.6 Å². The standard InChI is InChI=1S/C21H25N3O3/c1-14-8-9-15(2)20(12-14)23-21(27)10-11-24(17(4)26)19-7-5-6-18(13-19)22-16(3)25/h5-9,12-13H,10-11H2,1-4H3,(H,22,25)(H,23,27). The molecule has 0 unspecified atom stereocenters. The Bertz CT molecular complexity index is 862. The van der Waals surface area contributed by atoms with Crippen LogP contribution >= 0.6 is 0 Å². The highest BCUT2D eigenvalue weighted by Crippen LogP contribution is 2.21. The van der Waals surface area contributed by atoms with E-state index in [-0.39, 0.29) is 30.7 Å². The third-order valence-electron chi connectivity index (χ3n) is 4.09. The van der Waals surface area contributed by atoms with Crippen molar-refractivity contribution in [1.29, 1.82) is 0 Å². The van der Waals surface area contributed by atoms with Crippen molar-refractivity contribution in [1.82, 2.24) is 0 Å². The van der Waals surface area contributed by atoms with Gasteiger partial charge in [0.15, 0.2) is 0 Å². The molecule has 3 amide bonds. The van der Waals surface area contributed by atoms with Gasteiger partial charge in [-0.3, -0.25) is 14.4 Å². The SMILES string of the molecule is CC(=O)Nc1cccc(N(CCC(=O)Nc2cc(C)ccc2C)C(C)=O)c1. The van der Waals surface area contributed by atoms with Gasteiger partial charge in [-0.05, 0) is 49.2 Å². The van der Waals surface area contributed by atoms with Gasteiger partial charge in [-0.1, -0.05) is 18.2 Å². The summed E-state index contributed by atoms with van der Waals surface area (Å²) in [7, 11) is 0. The summed E-state index contributed by atoms with van der Waals surface area (Å²) in [5.74, 6) is -0.517. The second kappa shape index (κ2) is 8.98. The van der Waals surface area contributed by atoms with Gasteiger partial charge >= 0.3 is 0 Å². The van der Waals surface area contributed by atoms with E-state index in [1.807, 2.05) is 32.0 Å². The van der Waals surface area contributed by atoms with E-state index in [2.05, 4.69) is 10.6 Å². The molecular formula is C21H25N3O3. The fourth-order valence-corrected chi connectivity index (χ4v) is 2.72. The number of rotatable bonds is 6. The van der Waals surface area contributed by atoms with Gasteiger partial charge in [0.1, 0.15) is 0 Å². The normalized spacial score (nSPS) is 10.2. The molecule has 0 aliphatic carbocycles. The van der Waals surface area contributed by atoms with Gasteiger partial charge in [0.05, 0.1) is 0 Å². The van der Waals surface area contributed by atoms with Crippen molar-refractivity contribution in [2.45, 2.75) is 34.1 Å². The minimum absolute atomic E-state index is 0.159. The summed E-state index contributed by atoms with van der Waals surface area (Å²) in [5.41, 5.74) is 4.07. The zero-order valence-electron chi connectivity index (χ0n) is 16.1. The highest BCUT2D eigenvalue weighted by molar-refractivity contribution is 5.96. The van der Waals surface area contributed by atoms with Gasteiger partial charge in [-0.15, -0.1) is 0 Å². The number of carbonyl (C=O) groups excluding carboxylic acids is 3. The summed E-state index contributed by atoms with van der Waals surface area (Å²) in [6, 6.07) is 12.9. The Balaban J connectivity index is 2.06. The van der Waals surface area contributed by atoms with Crippen LogP contribution in [0.1, 0.15) is 31.4 Å². The van der Waals surface area contributed by atoms with E-state index in [4.69, 9.17) is 0 Å². The number of anilines is 3. The molecular weight excluding hydrogens is 342 g/mol. The molecule has 0 fully saturated rings. The summed E-state index contributed by atoms with van der Waals surface area (Å²) in [6.07, 6.45) is 0.164. The average molecular weight is 367 g/mol. The van der Waals surface area contributed by atoms with Crippen molar-refractivity contribution in [3.8, 4) is 0 Å². The maximum absolute atomic E-state index is 12.3. The quantitative estimate of drug-likeness (QED) is 0.818. The molecule has 0 saturated heterocycles. The van der Waals surface area contributed by atoms with Gasteiger partial charge in [0.25, 0.3) is 0 Å². The first kappa shape index (κ1) is 20.2. The number of nitrogens with zero attached hydrogens (tertiary/aromatic N) is 1. The lowest BCUT2D eigenvalue weighted by Crippen LogP contribution is -2.32. The smallest absolute Gasteiger partial charge is 0.226 e. The summed E-state index contributed by atoms with van der Waals surface area (Å²) < 4.78 is 0. The molecule has 0 aliphatic rings. The van der Waals surface area contributed by atoms with Crippen LogP contribution in [-0.2, 0) is 14.4 Å². The number of hydrogen-bond donors (Lipinski definition) is 2. The molecule has 2 aromatic rings. The highest BCUT2D eigenvalue weighted by Gasteiger charge is 2.15. The van der Waals surface area contributed by atoms with Crippen molar-refractivity contribution in [2.75, 3.05) is 22.1 Å². The molecule has 0 aliphatic heterocycles. The Kier molecular flexibility index (Phi) is 6.71. The van der Waals surface area contributed by atoms with Gasteiger partial charge in [-0.25, -0.2) is 0 Å². The van der Waals surface area contributed by atoms with Crippen LogP contribution in [0, 0.1) is 13.8 Å². The lowest BCUT2D eigenvalue weighted by atomic mass is 10.1. The van der Waals surface area contributed by atoms with E-state index in [0.717, 1.165) is 16.8 Å². The largest absolute Gasteiger partial charge is 0.326 e. The first-order chi connectivity index (χ1) is 12.8. The third-order valence-corrected chi connectivity index (χ3v) is 4.09. The van der Waals surface area contributed by atoms with E-state index in [1.165, 1.54) is 18.7 Å². The molecule has 2 rings (SSSR count). The van der Waals surface area contributed by atoms with Crippen LogP contribution < -0.4 is 15.5 Å². The van der Waals surface area contributed by atoms with E-state index < -0.39 is 0 Å². The van der Waals surface area contributed by atoms with Crippen LogP contribution in [0.2, 0.25) is 0 Å². The number of amides is 3. The van der Waals surface area contributed by atoms with E-state index in [1.54, 1.807) is 24.3 Å². The molecule has 6 nitrogen and oxygen atoms in total. The number of carbonyl (C=O) groups is 3. The third kappa shape index (κ3) is 5.95. The van der Waals surface area contributed by atoms with E-state index >= 15 is 0 Å². The second-order valence-electron chi connectivity index (χ2n) is 6.52. The Morgan fingerprint density at radius 1 is 0.963 bits per heavy atom. The number of nitrogens with one attached hydrogen (secondary N) is 2. The van der Waals surface area contributed by atoms with Crippen LogP contribution in [0.25, 0.3) is 0 Å². The first-order valence-electron chi connectivity index (χ1n) is 8.79. The van der Waals surface area contributed by atoms with E-state index in [0.29, 0.717) is 11.4 Å². The maximum Gasteiger partial charge on any atom is 0.226 e. The van der Waals surface area contributed by atoms with Crippen LogP contribution in [0.5, 0.6) is 0 Å². The maximum atomic E-state index is 12.3. The van der Waals surface area contributed by atoms with Crippen molar-refractivity contribution in [3.63, 3.8) is 0 Å². The topological polar surface area (TPSA) is 78.5 Å². The molecule has 6 heteroatoms. The molecule has 0 spiro atoms. The Morgan fingerprint density at radius 2 is 1.70 bits per heavy atom. The fraction of sp³-hybridized carbons (Fsp3) is 0.286. The molecule has 142 valence electrons. The van der Waals surface area contributed by atoms with Crippen LogP contribution in [0.4, 0.5) is 17.1 Å². The molecule has 0 aromatic heterocycles. The molecule has 0 atom stereocenters. The lowest BCUT2D eigenvalue weighted by Gasteiger charge is -2.22. The van der Waals surface area contributed by atoms with Gasteiger partial charge < -0.3 is 15.5 Å². The summed E-state index contributed by atoms with van der Waals surface area (Å²) in [5, 5.41) is 5.59. The van der Waals surface area contributed by atoms with Crippen LogP contribution in [0.3, 0.4) is 0 Å². The monoisotopic (exact) mass is 367 g/mol. The zero-order chi connectivity index (χ0) is 20.0. The molecule has 0 saturated carbocycles. The first-order valence-corrected chi connectivity index (χ1v) is 8.79. The lowest BCUT2D eigenvalue weighted by molar-refractivity contribution is -0.117. The second-order valence-corrected chi connectivity index (χ2v) is 6.52. The molecule has 27 heavy (non-hydrogen) atoms. The van der Waals surface area contributed by atoms with Gasteiger partial charge in [0, 0.05) is 43.9 Å². The van der Waals surface area contributed by atoms with E-state index in [9.17, 15) is 14.4 Å². The van der Waals surface area contributed by atoms with Crippen molar-refractivity contribution >= 4 is 34.8 Å².